The van der Waals surface area contributed by atoms with Crippen molar-refractivity contribution < 1.29 is 104 Å². The van der Waals surface area contributed by atoms with Gasteiger partial charge in [-0.25, -0.2) is 9.47 Å². The lowest BCUT2D eigenvalue weighted by molar-refractivity contribution is -0.442. The molecule has 0 amide bonds. The van der Waals surface area contributed by atoms with E-state index in [1.54, 1.807) is 0 Å². The fourth-order valence-electron chi connectivity index (χ4n) is 1.05. The van der Waals surface area contributed by atoms with Gasteiger partial charge in [0.15, 0.2) is 0 Å². The van der Waals surface area contributed by atoms with Crippen LogP contribution in [0.25, 0.3) is 0 Å². The highest BCUT2D eigenvalue weighted by atomic mass is 33.1. The van der Waals surface area contributed by atoms with E-state index in [1.165, 1.54) is 9.47 Å². The number of alkyl halides is 16. The summed E-state index contributed by atoms with van der Waals surface area (Å²) in [5.41, 5.74) is 0. The molecule has 0 bridgehead atoms. The molecule has 6 nitrogen and oxygen atoms in total. The summed E-state index contributed by atoms with van der Waals surface area (Å²) in [6.45, 7) is 0. The smallest absolute Gasteiger partial charge is 0.244 e. The third-order valence-electron chi connectivity index (χ3n) is 2.73. The lowest BCUT2D eigenvalue weighted by atomic mass is 10.6. The van der Waals surface area contributed by atoms with E-state index >= 15 is 0 Å². The third kappa shape index (κ3) is 6.63. The van der Waals surface area contributed by atoms with Gasteiger partial charge in [-0.1, -0.05) is 7.77 Å². The van der Waals surface area contributed by atoms with Gasteiger partial charge in [-0.05, 0) is 21.6 Å². The molecule has 0 saturated heterocycles. The molecule has 0 aromatic heterocycles. The Morgan fingerprint density at radius 1 is 0.417 bits per heavy atom. The maximum Gasteiger partial charge on any atom is 0.464 e. The van der Waals surface area contributed by atoms with Crippen molar-refractivity contribution in [1.82, 2.24) is 0 Å². The van der Waals surface area contributed by atoms with Crippen LogP contribution in [0.4, 0.5) is 78.0 Å². The zero-order chi connectivity index (χ0) is 29.8. The molecule has 0 N–H and O–H groups in total. The average molecular weight is 662 g/mol. The van der Waals surface area contributed by atoms with Gasteiger partial charge in [0.2, 0.25) is 0 Å². The van der Waals surface area contributed by atoms with E-state index in [9.17, 15) is 94.9 Å². The fraction of sp³-hybridized carbons (Fsp3) is 1.00. The lowest BCUT2D eigenvalue weighted by Crippen LogP contribution is -2.55. The maximum absolute atomic E-state index is 13.2. The minimum absolute atomic E-state index is 1.48. The van der Waals surface area contributed by atoms with Gasteiger partial charge >= 0.3 is 65.9 Å². The molecule has 0 fully saturated rings. The monoisotopic (exact) mass is 662 g/mol. The van der Waals surface area contributed by atoms with E-state index in [0.29, 0.717) is 0 Å². The second-order valence-electron chi connectivity index (χ2n) is 5.38. The molecule has 0 radical (unpaired) electrons. The minimum Gasteiger partial charge on any atom is -0.244 e. The van der Waals surface area contributed by atoms with Gasteiger partial charge in [0.05, 0.1) is 0 Å². The number of ether oxygens (including phenoxy) is 2. The highest BCUT2D eigenvalue weighted by Crippen LogP contribution is 2.60. The molecule has 0 heterocycles. The van der Waals surface area contributed by atoms with Crippen molar-refractivity contribution >= 4 is 42.0 Å². The Hall–Kier alpha value is -0.740. The van der Waals surface area contributed by atoms with Crippen molar-refractivity contribution in [2.45, 2.75) is 45.5 Å². The molecule has 0 aliphatic carbocycles. The van der Waals surface area contributed by atoms with E-state index in [1.807, 2.05) is 0 Å². The molecule has 218 valence electrons. The summed E-state index contributed by atoms with van der Waals surface area (Å²) >= 11 is 0. The molecule has 0 aliphatic heterocycles. The van der Waals surface area contributed by atoms with Gasteiger partial charge in [0.25, 0.3) is 0 Å². The minimum atomic E-state index is -7.91. The molecule has 0 aromatic rings. The van der Waals surface area contributed by atoms with Gasteiger partial charge in [0, 0.05) is 0 Å². The van der Waals surface area contributed by atoms with Crippen LogP contribution in [-0.2, 0) is 29.9 Å². The first kappa shape index (κ1) is 35.3. The van der Waals surface area contributed by atoms with E-state index < -0.39 is 87.5 Å². The predicted molar refractivity (Wildman–Crippen MR) is 77.0 cm³/mol. The Labute approximate surface area is 192 Å². The average Bonchev–Trinajstić information content (AvgIpc) is 2.55. The van der Waals surface area contributed by atoms with Crippen molar-refractivity contribution in [3.05, 3.63) is 0 Å². The molecule has 36 heavy (non-hydrogen) atoms. The van der Waals surface area contributed by atoms with Gasteiger partial charge in [-0.15, -0.1) is 0 Å². The van der Waals surface area contributed by atoms with Crippen LogP contribution in [0.1, 0.15) is 0 Å². The Kier molecular flexibility index (Phi) is 9.28. The van der Waals surface area contributed by atoms with Crippen LogP contribution in [0.15, 0.2) is 0 Å². The SMILES string of the molecule is O=S(=O)(F)C(F)(F)C(F)(F)OC(F)(F)C(F)(F)SSC(F)(F)C(F)(F)OC(F)(F)C(F)(F)S(=O)(=O)F. The standard InChI is InChI=1S/C8F18O6S4/c9-1(10,31-3(13,14)7(21,22)35(25,27)28)5(17,18)33-34-6(19,20)2(11,12)32-4(15,16)8(23,24)36(26,29)30. The lowest BCUT2D eigenvalue weighted by Gasteiger charge is -2.33. The highest BCUT2D eigenvalue weighted by Gasteiger charge is 2.77. The quantitative estimate of drug-likeness (QED) is 0.140. The van der Waals surface area contributed by atoms with Crippen LogP contribution in [0.3, 0.4) is 0 Å². The van der Waals surface area contributed by atoms with Crippen molar-refractivity contribution in [3.63, 3.8) is 0 Å². The van der Waals surface area contributed by atoms with Gasteiger partial charge in [-0.2, -0.15) is 87.1 Å². The normalized spacial score (nSPS) is 16.4. The van der Waals surface area contributed by atoms with Crippen LogP contribution < -0.4 is 0 Å². The zero-order valence-electron chi connectivity index (χ0n) is 14.9. The summed E-state index contributed by atoms with van der Waals surface area (Å²) in [7, 11) is -21.5. The summed E-state index contributed by atoms with van der Waals surface area (Å²) in [6, 6.07) is 0. The molecular formula is C8F18O6S4. The van der Waals surface area contributed by atoms with E-state index in [0.717, 1.165) is 0 Å². The highest BCUT2D eigenvalue weighted by molar-refractivity contribution is 8.77. The molecule has 0 atom stereocenters. The van der Waals surface area contributed by atoms with Crippen LogP contribution in [-0.4, -0.2) is 62.3 Å². The van der Waals surface area contributed by atoms with Crippen molar-refractivity contribution in [2.24, 2.45) is 0 Å². The number of hydrogen-bond acceptors (Lipinski definition) is 8. The van der Waals surface area contributed by atoms with Crippen LogP contribution in [0.2, 0.25) is 0 Å². The summed E-state index contributed by atoms with van der Waals surface area (Å²) in [5.74, 6) is 0. The van der Waals surface area contributed by atoms with Crippen LogP contribution in [0.5, 0.6) is 0 Å². The Morgan fingerprint density at radius 2 is 0.611 bits per heavy atom. The maximum atomic E-state index is 13.2. The number of halogens is 18. The Bertz CT molecular complexity index is 940. The van der Waals surface area contributed by atoms with Crippen molar-refractivity contribution in [3.8, 4) is 0 Å². The molecule has 0 rings (SSSR count). The largest absolute Gasteiger partial charge is 0.464 e. The van der Waals surface area contributed by atoms with E-state index in [4.69, 9.17) is 0 Å². The van der Waals surface area contributed by atoms with Crippen molar-refractivity contribution in [1.29, 1.82) is 0 Å². The fourth-order valence-corrected chi connectivity index (χ4v) is 3.39. The first-order chi connectivity index (χ1) is 15.1. The van der Waals surface area contributed by atoms with Crippen LogP contribution in [0, 0.1) is 0 Å². The van der Waals surface area contributed by atoms with Gasteiger partial charge < -0.3 is 0 Å². The van der Waals surface area contributed by atoms with Crippen molar-refractivity contribution in [2.75, 3.05) is 0 Å². The third-order valence-corrected chi connectivity index (χ3v) is 6.91. The van der Waals surface area contributed by atoms with E-state index in [2.05, 4.69) is 0 Å². The summed E-state index contributed by atoms with van der Waals surface area (Å²) in [5, 5.41) is -28.5. The molecule has 0 aliphatic rings. The van der Waals surface area contributed by atoms with Crippen LogP contribution >= 0.6 is 21.6 Å². The molecule has 0 unspecified atom stereocenters. The molecule has 0 saturated carbocycles. The predicted octanol–water partition coefficient (Wildman–Crippen LogP) is 5.74. The molecule has 0 spiro atoms. The summed E-state index contributed by atoms with van der Waals surface area (Å²) in [4.78, 5) is 0. The van der Waals surface area contributed by atoms with E-state index in [-0.39, 0.29) is 0 Å². The topological polar surface area (TPSA) is 86.7 Å². The number of rotatable bonds is 13. The summed E-state index contributed by atoms with van der Waals surface area (Å²) in [6.07, 6.45) is -29.5. The zero-order valence-corrected chi connectivity index (χ0v) is 18.2. The molecule has 0 aromatic carbocycles. The first-order valence-corrected chi connectivity index (χ1v) is 11.7. The number of hydrogen-bond donors (Lipinski definition) is 0. The second kappa shape index (κ2) is 9.47. The molecule has 28 heteroatoms. The Morgan fingerprint density at radius 3 is 0.778 bits per heavy atom. The summed E-state index contributed by atoms with van der Waals surface area (Å²) < 4.78 is 274. The van der Waals surface area contributed by atoms with Gasteiger partial charge in [-0.3, -0.25) is 0 Å². The Balaban J connectivity index is 5.92. The van der Waals surface area contributed by atoms with Gasteiger partial charge in [0.1, 0.15) is 0 Å². The molecular weight excluding hydrogens is 662 g/mol. The first-order valence-electron chi connectivity index (χ1n) is 6.80. The second-order valence-corrected chi connectivity index (χ2v) is 10.5.